The van der Waals surface area contributed by atoms with Gasteiger partial charge in [-0.1, -0.05) is 32.8 Å². The molecule has 1 aromatic carbocycles. The monoisotopic (exact) mass is 292 g/mol. The zero-order valence-corrected chi connectivity index (χ0v) is 13.8. The molecule has 0 spiro atoms. The van der Waals surface area contributed by atoms with Crippen LogP contribution in [0.4, 0.5) is 16.2 Å². The van der Waals surface area contributed by atoms with E-state index >= 15 is 0 Å². The number of carbonyl (C=O) groups excluding carboxylic acids is 1. The van der Waals surface area contributed by atoms with E-state index in [0.29, 0.717) is 5.92 Å². The number of amides is 1. The van der Waals surface area contributed by atoms with Crippen molar-refractivity contribution >= 4 is 17.5 Å². The Morgan fingerprint density at radius 1 is 1.19 bits per heavy atom. The zero-order valence-electron chi connectivity index (χ0n) is 13.8. The van der Waals surface area contributed by atoms with Crippen LogP contribution in [0.15, 0.2) is 24.3 Å². The van der Waals surface area contributed by atoms with E-state index in [4.69, 9.17) is 4.74 Å². The number of benzene rings is 1. The van der Waals surface area contributed by atoms with E-state index in [-0.39, 0.29) is 0 Å². The van der Waals surface area contributed by atoms with E-state index < -0.39 is 11.7 Å². The molecule has 1 rings (SSSR count). The van der Waals surface area contributed by atoms with E-state index in [1.54, 1.807) is 0 Å². The van der Waals surface area contributed by atoms with E-state index in [1.807, 2.05) is 45.0 Å². The van der Waals surface area contributed by atoms with Crippen LogP contribution in [0.25, 0.3) is 0 Å². The van der Waals surface area contributed by atoms with Gasteiger partial charge in [-0.15, -0.1) is 0 Å². The van der Waals surface area contributed by atoms with E-state index in [0.717, 1.165) is 17.9 Å². The van der Waals surface area contributed by atoms with Gasteiger partial charge in [-0.2, -0.15) is 0 Å². The van der Waals surface area contributed by atoms with Crippen LogP contribution >= 0.6 is 0 Å². The molecule has 4 nitrogen and oxygen atoms in total. The highest BCUT2D eigenvalue weighted by Gasteiger charge is 2.16. The molecule has 1 amide bonds. The molecule has 1 aromatic rings. The molecule has 0 radical (unpaired) electrons. The Morgan fingerprint density at radius 2 is 1.81 bits per heavy atom. The van der Waals surface area contributed by atoms with Gasteiger partial charge in [0, 0.05) is 17.9 Å². The third-order valence-electron chi connectivity index (χ3n) is 3.26. The number of hydrogen-bond donors (Lipinski definition) is 2. The van der Waals surface area contributed by atoms with Gasteiger partial charge >= 0.3 is 6.09 Å². The predicted octanol–water partition coefficient (Wildman–Crippen LogP) is 4.88. The maximum Gasteiger partial charge on any atom is 0.412 e. The van der Waals surface area contributed by atoms with Crippen molar-refractivity contribution in [3.05, 3.63) is 24.3 Å². The van der Waals surface area contributed by atoms with Gasteiger partial charge < -0.3 is 10.1 Å². The van der Waals surface area contributed by atoms with Crippen molar-refractivity contribution in [2.45, 2.75) is 53.1 Å². The molecule has 2 N–H and O–H groups in total. The quantitative estimate of drug-likeness (QED) is 0.785. The first-order valence-corrected chi connectivity index (χ1v) is 7.68. The van der Waals surface area contributed by atoms with Crippen molar-refractivity contribution in [2.75, 3.05) is 17.2 Å². The summed E-state index contributed by atoms with van der Waals surface area (Å²) < 4.78 is 5.24. The van der Waals surface area contributed by atoms with Crippen LogP contribution in [-0.4, -0.2) is 18.2 Å². The molecule has 21 heavy (non-hydrogen) atoms. The third-order valence-corrected chi connectivity index (χ3v) is 3.26. The first kappa shape index (κ1) is 17.3. The lowest BCUT2D eigenvalue weighted by Crippen LogP contribution is -2.27. The second kappa shape index (κ2) is 7.91. The Bertz CT molecular complexity index is 448. The molecule has 0 saturated heterocycles. The Hall–Kier alpha value is -1.71. The fourth-order valence-electron chi connectivity index (χ4n) is 1.97. The summed E-state index contributed by atoms with van der Waals surface area (Å²) in [5.41, 5.74) is 1.25. The van der Waals surface area contributed by atoms with Gasteiger partial charge in [0.2, 0.25) is 0 Å². The minimum absolute atomic E-state index is 0.431. The summed E-state index contributed by atoms with van der Waals surface area (Å²) in [5, 5.41) is 6.17. The molecule has 0 fully saturated rings. The number of anilines is 2. The molecule has 0 aliphatic carbocycles. The molecule has 0 aliphatic heterocycles. The molecule has 4 heteroatoms. The van der Waals surface area contributed by atoms with Crippen LogP contribution in [0.5, 0.6) is 0 Å². The lowest BCUT2D eigenvalue weighted by Gasteiger charge is -2.20. The Kier molecular flexibility index (Phi) is 6.53. The summed E-state index contributed by atoms with van der Waals surface area (Å²) in [6.07, 6.45) is 1.90. The van der Waals surface area contributed by atoms with E-state index in [2.05, 4.69) is 24.5 Å². The number of hydrogen-bond acceptors (Lipinski definition) is 3. The number of ether oxygens (including phenoxy) is 1. The highest BCUT2D eigenvalue weighted by atomic mass is 16.6. The molecule has 0 unspecified atom stereocenters. The Labute approximate surface area is 128 Å². The van der Waals surface area contributed by atoms with Gasteiger partial charge in [0.1, 0.15) is 5.60 Å². The minimum Gasteiger partial charge on any atom is -0.444 e. The fraction of sp³-hybridized carbons (Fsp3) is 0.588. The molecule has 0 aliphatic rings. The van der Waals surface area contributed by atoms with Crippen LogP contribution < -0.4 is 10.6 Å². The van der Waals surface area contributed by atoms with Crippen molar-refractivity contribution in [3.63, 3.8) is 0 Å². The second-order valence-electron chi connectivity index (χ2n) is 6.27. The summed E-state index contributed by atoms with van der Waals surface area (Å²) in [6, 6.07) is 7.70. The topological polar surface area (TPSA) is 50.4 Å². The minimum atomic E-state index is -0.491. The van der Waals surface area contributed by atoms with E-state index in [9.17, 15) is 4.79 Å². The van der Waals surface area contributed by atoms with Crippen LogP contribution in [0, 0.1) is 5.92 Å². The van der Waals surface area contributed by atoms with Crippen molar-refractivity contribution in [1.82, 2.24) is 0 Å². The predicted molar refractivity (Wildman–Crippen MR) is 88.9 cm³/mol. The van der Waals surface area contributed by atoms with Gasteiger partial charge in [-0.3, -0.25) is 5.32 Å². The van der Waals surface area contributed by atoms with Gasteiger partial charge in [0.05, 0.1) is 0 Å². The summed E-state index contributed by atoms with van der Waals surface area (Å²) in [6.45, 7) is 10.9. The summed E-state index contributed by atoms with van der Waals surface area (Å²) in [5.74, 6) is 0.674. The first-order valence-electron chi connectivity index (χ1n) is 7.68. The molecule has 0 aromatic heterocycles. The van der Waals surface area contributed by atoms with Gasteiger partial charge in [0.25, 0.3) is 0 Å². The zero-order chi connectivity index (χ0) is 15.9. The summed E-state index contributed by atoms with van der Waals surface area (Å²) in [4.78, 5) is 11.7. The standard InChI is InChI=1S/C17H28N2O2/c1-6-13(7-2)12-18-14-9-8-10-15(11-14)19-16(20)21-17(3,4)5/h8-11,13,18H,6-7,12H2,1-5H3,(H,19,20). The van der Waals surface area contributed by atoms with Crippen LogP contribution in [0.2, 0.25) is 0 Å². The Morgan fingerprint density at radius 3 is 2.38 bits per heavy atom. The molecule has 0 heterocycles. The molecule has 0 bridgehead atoms. The van der Waals surface area contributed by atoms with Crippen LogP contribution in [-0.2, 0) is 4.74 Å². The molecule has 118 valence electrons. The fourth-order valence-corrected chi connectivity index (χ4v) is 1.97. The van der Waals surface area contributed by atoms with Crippen molar-refractivity contribution in [3.8, 4) is 0 Å². The smallest absolute Gasteiger partial charge is 0.412 e. The average Bonchev–Trinajstić information content (AvgIpc) is 2.38. The Balaban J connectivity index is 2.58. The normalized spacial score (nSPS) is 11.3. The van der Waals surface area contributed by atoms with Gasteiger partial charge in [0.15, 0.2) is 0 Å². The largest absolute Gasteiger partial charge is 0.444 e. The first-order chi connectivity index (χ1) is 9.84. The van der Waals surface area contributed by atoms with Crippen molar-refractivity contribution in [1.29, 1.82) is 0 Å². The second-order valence-corrected chi connectivity index (χ2v) is 6.27. The number of carbonyl (C=O) groups is 1. The lowest BCUT2D eigenvalue weighted by atomic mass is 10.0. The average molecular weight is 292 g/mol. The highest BCUT2D eigenvalue weighted by Crippen LogP contribution is 2.18. The maximum absolute atomic E-state index is 11.7. The molecule has 0 saturated carbocycles. The van der Waals surface area contributed by atoms with E-state index in [1.165, 1.54) is 12.8 Å². The number of nitrogens with one attached hydrogen (secondary N) is 2. The maximum atomic E-state index is 11.7. The van der Waals surface area contributed by atoms with Crippen LogP contribution in [0.1, 0.15) is 47.5 Å². The third kappa shape index (κ3) is 7.02. The summed E-state index contributed by atoms with van der Waals surface area (Å²) in [7, 11) is 0. The lowest BCUT2D eigenvalue weighted by molar-refractivity contribution is 0.0636. The molecule has 0 atom stereocenters. The van der Waals surface area contributed by atoms with Crippen LogP contribution in [0.3, 0.4) is 0 Å². The molecular formula is C17H28N2O2. The van der Waals surface area contributed by atoms with Gasteiger partial charge in [-0.25, -0.2) is 4.79 Å². The highest BCUT2D eigenvalue weighted by molar-refractivity contribution is 5.85. The van der Waals surface area contributed by atoms with Crippen molar-refractivity contribution < 1.29 is 9.53 Å². The van der Waals surface area contributed by atoms with Crippen molar-refractivity contribution in [2.24, 2.45) is 5.92 Å². The summed E-state index contributed by atoms with van der Waals surface area (Å²) >= 11 is 0. The molecular weight excluding hydrogens is 264 g/mol. The number of rotatable bonds is 6. The SMILES string of the molecule is CCC(CC)CNc1cccc(NC(=O)OC(C)(C)C)c1. The van der Waals surface area contributed by atoms with Gasteiger partial charge in [-0.05, 0) is 44.9 Å².